The number of hydrogen-bond acceptors (Lipinski definition) is 0. The lowest BCUT2D eigenvalue weighted by Gasteiger charge is -2.08. The van der Waals surface area contributed by atoms with Gasteiger partial charge in [0.15, 0.2) is 0 Å². The lowest BCUT2D eigenvalue weighted by Crippen LogP contribution is -1.87. The van der Waals surface area contributed by atoms with Gasteiger partial charge in [0.1, 0.15) is 0 Å². The summed E-state index contributed by atoms with van der Waals surface area (Å²) < 4.78 is 47.0. The molecule has 546 valence electrons. The van der Waals surface area contributed by atoms with Gasteiger partial charge in [-0.2, -0.15) is 0 Å². The van der Waals surface area contributed by atoms with E-state index in [0.717, 1.165) is 72.0 Å². The maximum atomic E-state index is 7.95. The van der Waals surface area contributed by atoms with Crippen LogP contribution in [0.1, 0.15) is 204 Å². The molecule has 0 fully saturated rings. The van der Waals surface area contributed by atoms with E-state index in [9.17, 15) is 0 Å². The highest BCUT2D eigenvalue weighted by molar-refractivity contribution is 5.85. The molecule has 5 aliphatic carbocycles. The van der Waals surface area contributed by atoms with Gasteiger partial charge < -0.3 is 0 Å². The molecule has 0 heteroatoms. The highest BCUT2D eigenvalue weighted by atomic mass is 14.3. The topological polar surface area (TPSA) is 0 Å². The van der Waals surface area contributed by atoms with Gasteiger partial charge in [-0.25, -0.2) is 0 Å². The lowest BCUT2D eigenvalue weighted by molar-refractivity contribution is 0.736. The highest BCUT2D eigenvalue weighted by Gasteiger charge is 2.22. The first-order valence-corrected chi connectivity index (χ1v) is 37.8. The lowest BCUT2D eigenvalue weighted by atomic mass is 9.96. The van der Waals surface area contributed by atoms with Crippen LogP contribution in [0.3, 0.4) is 0 Å². The summed E-state index contributed by atoms with van der Waals surface area (Å²) in [6, 6.07) is 85.6. The van der Waals surface area contributed by atoms with Gasteiger partial charge in [0.2, 0.25) is 0 Å². The molecule has 0 saturated heterocycles. The minimum absolute atomic E-state index is 0.0750. The SMILES string of the molecule is C/C=C\C=C/C.C/C=C\C=C/C.CC(C)C.CC(C)C.CC(C)C.CC(C)C.CC(C)C.[2H]C.[2H][2H].[2H]c1c([2H])c([2H])c2c(c1[2H])Cc1ccccc1-2.c1ccc(-c2cccc3c2Cc2ccccc2-3)cc1.c1ccc2c(c1)Cc1ccccc1-2.c1ccc2c(c1)Cc1ccccc1-2.c1ccc2c(c1)Cc1ccccc1-2. The molecule has 0 aromatic heterocycles. The van der Waals surface area contributed by atoms with Gasteiger partial charge in [0.05, 0.1) is 5.48 Å². The normalized spacial score (nSPS) is 12.1. The summed E-state index contributed by atoms with van der Waals surface area (Å²) in [5.41, 5.74) is 29.1. The second-order valence-corrected chi connectivity index (χ2v) is 29.5. The van der Waals surface area contributed by atoms with Crippen molar-refractivity contribution in [2.45, 2.75) is 171 Å². The molecule has 11 aromatic carbocycles. The van der Waals surface area contributed by atoms with Crippen LogP contribution in [0.4, 0.5) is 0 Å². The van der Waals surface area contributed by atoms with Crippen LogP contribution >= 0.6 is 0 Å². The molecule has 0 radical (unpaired) electrons. The van der Waals surface area contributed by atoms with E-state index in [1.54, 1.807) is 0 Å². The van der Waals surface area contributed by atoms with E-state index in [2.05, 4.69) is 322 Å². The Morgan fingerprint density at radius 3 is 0.731 bits per heavy atom. The third kappa shape index (κ3) is 29.6. The van der Waals surface area contributed by atoms with Crippen LogP contribution in [-0.4, -0.2) is 0 Å². The fourth-order valence-electron chi connectivity index (χ4n) is 11.5. The molecule has 5 aliphatic rings. The van der Waals surface area contributed by atoms with Crippen molar-refractivity contribution in [2.24, 2.45) is 29.6 Å². The molecule has 0 unspecified atom stereocenters. The van der Waals surface area contributed by atoms with Gasteiger partial charge >= 0.3 is 0 Å². The van der Waals surface area contributed by atoms with Crippen LogP contribution in [0.5, 0.6) is 0 Å². The van der Waals surface area contributed by atoms with Gasteiger partial charge in [-0.3, -0.25) is 0 Å². The van der Waals surface area contributed by atoms with Crippen molar-refractivity contribution in [1.29, 1.82) is 0 Å². The molecule has 0 atom stereocenters. The molecule has 0 heterocycles. The average Bonchev–Trinajstić information content (AvgIpc) is 1.62. The van der Waals surface area contributed by atoms with Crippen molar-refractivity contribution in [3.05, 3.63) is 371 Å². The summed E-state index contributed by atoms with van der Waals surface area (Å²) in [6.45, 7) is 40.5. The Kier molecular flexibility index (Phi) is 35.8. The fourth-order valence-corrected chi connectivity index (χ4v) is 11.5. The third-order valence-electron chi connectivity index (χ3n) is 15.5. The van der Waals surface area contributed by atoms with Crippen LogP contribution < -0.4 is 0 Å². The zero-order valence-corrected chi connectivity index (χ0v) is 67.1. The monoisotopic (exact) mass is 1390 g/mol. The molecule has 16 rings (SSSR count). The van der Waals surface area contributed by atoms with Crippen LogP contribution in [0.15, 0.2) is 315 Å². The summed E-state index contributed by atoms with van der Waals surface area (Å²) >= 11 is 0. The second-order valence-electron chi connectivity index (χ2n) is 29.5. The van der Waals surface area contributed by atoms with Crippen molar-refractivity contribution in [3.63, 3.8) is 0 Å². The van der Waals surface area contributed by atoms with Gasteiger partial charge in [0.25, 0.3) is 0 Å². The highest BCUT2D eigenvalue weighted by Crippen LogP contribution is 2.42. The van der Waals surface area contributed by atoms with E-state index in [-0.39, 0.29) is 24.2 Å². The number of allylic oxidation sites excluding steroid dienone is 8. The Balaban J connectivity index is 0.000000326. The Morgan fingerprint density at radius 1 is 0.250 bits per heavy atom. The van der Waals surface area contributed by atoms with Crippen molar-refractivity contribution < 1.29 is 9.82 Å². The number of rotatable bonds is 3. The quantitative estimate of drug-likeness (QED) is 0.155. The van der Waals surface area contributed by atoms with E-state index in [1.165, 1.54) is 108 Å². The first-order chi connectivity index (χ1) is 53.4. The van der Waals surface area contributed by atoms with Crippen molar-refractivity contribution in [3.8, 4) is 66.8 Å². The van der Waals surface area contributed by atoms with E-state index in [4.69, 9.17) is 9.82 Å². The van der Waals surface area contributed by atoms with E-state index in [1.807, 2.05) is 101 Å². The average molecular weight is 1390 g/mol. The van der Waals surface area contributed by atoms with Crippen LogP contribution in [0.2, 0.25) is 0 Å². The van der Waals surface area contributed by atoms with Gasteiger partial charge in [-0.05, 0) is 212 Å². The minimum Gasteiger partial charge on any atom is -0.0877 e. The first kappa shape index (κ1) is 77.0. The molecular weight excluding hydrogens is 1250 g/mol. The summed E-state index contributed by atoms with van der Waals surface area (Å²) in [5.74, 6) is 4.17. The Morgan fingerprint density at radius 2 is 0.452 bits per heavy atom. The molecule has 0 aliphatic heterocycles. The molecule has 0 N–H and O–H groups in total. The standard InChI is InChI=1S/C19H14.4C13H10.2C6H10.5C4H10.CH4.H2/c1-2-7-14(8-3-1)16-11-6-12-18-17-10-5-4-9-15(17)13-19(16)18;4*1-3-7-12-10(5-1)9-11-6-2-4-8-13(11)12;2*1-3-5-6-4-2;5*1-4(2)3;;/h1-12H,13H2;4*1-8H,9H2;2*3-6H,1-2H3;5*4H,1-3H3;1H4;1H/b;;;;;2*5-3-,6-4-;;;;;;;/i;1D,3D,5D,7D;;;;;;;;;;;1D;1+1D. The predicted octanol–water partition coefficient (Wildman–Crippen LogP) is 31.4. The van der Waals surface area contributed by atoms with Crippen LogP contribution in [0.25, 0.3) is 66.8 Å². The van der Waals surface area contributed by atoms with Crippen LogP contribution in [0, 0.1) is 29.6 Å². The molecule has 11 aromatic rings. The third-order valence-corrected chi connectivity index (χ3v) is 15.5. The summed E-state index contributed by atoms with van der Waals surface area (Å²) in [6.07, 6.45) is 21.0. The molecular formula is C104H130. The molecule has 104 heavy (non-hydrogen) atoms. The maximum Gasteiger partial charge on any atom is 0.0629 e. The predicted molar refractivity (Wildman–Crippen MR) is 470 cm³/mol. The van der Waals surface area contributed by atoms with Crippen molar-refractivity contribution >= 4 is 0 Å². The van der Waals surface area contributed by atoms with Gasteiger partial charge in [0, 0.05) is 4.34 Å². The Bertz CT molecular complexity index is 4150. The first-order valence-electron chi connectivity index (χ1n) is 41.8. The molecule has 0 amide bonds. The van der Waals surface area contributed by atoms with E-state index in [0.29, 0.717) is 12.0 Å². The molecule has 0 nitrogen and oxygen atoms in total. The Labute approximate surface area is 644 Å². The minimum atomic E-state index is -0.148. The van der Waals surface area contributed by atoms with Crippen LogP contribution in [-0.2, 0) is 32.1 Å². The molecule has 0 bridgehead atoms. The zero-order valence-electron chi connectivity index (χ0n) is 74.1. The Hall–Kier alpha value is -9.62. The number of benzene rings is 11. The zero-order chi connectivity index (χ0) is 82.4. The van der Waals surface area contributed by atoms with E-state index < -0.39 is 0 Å². The number of hydrogen-bond donors (Lipinski definition) is 0. The molecule has 0 spiro atoms. The smallest absolute Gasteiger partial charge is 0.0629 e. The second kappa shape index (κ2) is 48.4. The molecule has 0 saturated carbocycles. The maximum absolute atomic E-state index is 7.95. The van der Waals surface area contributed by atoms with E-state index >= 15 is 0 Å². The number of fused-ring (bicyclic) bond motifs is 15. The summed E-state index contributed by atoms with van der Waals surface area (Å²) in [4.78, 5) is 0. The van der Waals surface area contributed by atoms with Gasteiger partial charge in [-0.15, -0.1) is 0 Å². The fraction of sp³-hybridized carbons (Fsp3) is 0.288. The van der Waals surface area contributed by atoms with Crippen molar-refractivity contribution in [2.75, 3.05) is 0 Å². The summed E-state index contributed by atoms with van der Waals surface area (Å²) in [7, 11) is 1.25. The van der Waals surface area contributed by atoms with Crippen molar-refractivity contribution in [1.82, 2.24) is 0 Å². The largest absolute Gasteiger partial charge is 0.0877 e. The van der Waals surface area contributed by atoms with Gasteiger partial charge in [-0.1, -0.05) is 427 Å². The summed E-state index contributed by atoms with van der Waals surface area (Å²) in [5, 5.41) is 0.